The Kier molecular flexibility index (Phi) is 7.18. The molecule has 0 spiro atoms. The van der Waals surface area contributed by atoms with Gasteiger partial charge in [-0.1, -0.05) is 23.7 Å². The van der Waals surface area contributed by atoms with Crippen LogP contribution in [0.5, 0.6) is 0 Å². The largest absolute Gasteiger partial charge is 0.375 e. The Morgan fingerprint density at radius 2 is 2.21 bits per heavy atom. The van der Waals surface area contributed by atoms with Gasteiger partial charge >= 0.3 is 0 Å². The Bertz CT molecular complexity index is 387. The normalized spacial score (nSPS) is 13.5. The van der Waals surface area contributed by atoms with Gasteiger partial charge in [-0.25, -0.2) is 0 Å². The van der Waals surface area contributed by atoms with E-state index >= 15 is 0 Å². The lowest BCUT2D eigenvalue weighted by Gasteiger charge is -2.35. The van der Waals surface area contributed by atoms with Gasteiger partial charge in [-0.15, -0.1) is 0 Å². The van der Waals surface area contributed by atoms with Crippen LogP contribution in [0.3, 0.4) is 0 Å². The van der Waals surface area contributed by atoms with E-state index in [1.54, 1.807) is 7.11 Å². The van der Waals surface area contributed by atoms with Gasteiger partial charge in [0.15, 0.2) is 0 Å². The number of hydrogen-bond acceptors (Lipinski definition) is 4. The maximum atomic E-state index is 8.71. The second-order valence-electron chi connectivity index (χ2n) is 5.01. The average Bonchev–Trinajstić information content (AvgIpc) is 2.35. The lowest BCUT2D eigenvalue weighted by Crippen LogP contribution is -2.46. The highest BCUT2D eigenvalue weighted by Gasteiger charge is 2.30. The van der Waals surface area contributed by atoms with Crippen molar-refractivity contribution in [2.75, 3.05) is 19.4 Å². The maximum absolute atomic E-state index is 8.71. The van der Waals surface area contributed by atoms with Crippen molar-refractivity contribution in [3.8, 4) is 0 Å². The third-order valence-electron chi connectivity index (χ3n) is 3.04. The van der Waals surface area contributed by atoms with E-state index in [0.717, 1.165) is 36.3 Å². The number of hydrogen-bond donors (Lipinski definition) is 2. The molecule has 3 nitrogen and oxygen atoms in total. The van der Waals surface area contributed by atoms with Crippen molar-refractivity contribution in [1.29, 1.82) is 0 Å². The zero-order valence-electron chi connectivity index (χ0n) is 11.6. The van der Waals surface area contributed by atoms with Crippen LogP contribution in [0.15, 0.2) is 24.3 Å². The fourth-order valence-corrected chi connectivity index (χ4v) is 2.63. The first kappa shape index (κ1) is 16.8. The maximum Gasteiger partial charge on any atom is 0.0997 e. The van der Waals surface area contributed by atoms with Crippen LogP contribution >= 0.6 is 23.6 Å². The summed E-state index contributed by atoms with van der Waals surface area (Å²) >= 11 is 6.91. The summed E-state index contributed by atoms with van der Waals surface area (Å²) in [6, 6.07) is 7.74. The minimum atomic E-state index is -0.209. The molecule has 0 aliphatic rings. The fourth-order valence-electron chi connectivity index (χ4n) is 2.16. The quantitative estimate of drug-likeness (QED) is 0.563. The van der Waals surface area contributed by atoms with Gasteiger partial charge in [-0.05, 0) is 56.6 Å². The zero-order chi connectivity index (χ0) is 14.3. The predicted molar refractivity (Wildman–Crippen MR) is 83.0 cm³/mol. The number of rotatable bonds is 8. The minimum absolute atomic E-state index is 0.0759. The van der Waals surface area contributed by atoms with Crippen LogP contribution in [0.4, 0.5) is 0 Å². The number of nitrogens with one attached hydrogen (secondary N) is 1. The summed E-state index contributed by atoms with van der Waals surface area (Å²) in [7, 11) is 1.71. The van der Waals surface area contributed by atoms with Gasteiger partial charge < -0.3 is 14.6 Å². The van der Waals surface area contributed by atoms with E-state index in [1.807, 2.05) is 24.3 Å². The summed E-state index contributed by atoms with van der Waals surface area (Å²) in [5.74, 6) is 0.734. The van der Waals surface area contributed by atoms with Crippen LogP contribution in [0.2, 0.25) is 5.02 Å². The molecule has 0 fully saturated rings. The van der Waals surface area contributed by atoms with Gasteiger partial charge in [0.25, 0.3) is 0 Å². The molecule has 1 aromatic rings. The van der Waals surface area contributed by atoms with Crippen LogP contribution in [0.1, 0.15) is 31.9 Å². The highest BCUT2D eigenvalue weighted by molar-refractivity contribution is 7.93. The number of methoxy groups -OCH3 is 1. The summed E-state index contributed by atoms with van der Waals surface area (Å²) in [4.78, 5) is 0. The average molecular weight is 304 g/mol. The lowest BCUT2D eigenvalue weighted by atomic mass is 9.91. The number of ether oxygens (including phenoxy) is 1. The van der Waals surface area contributed by atoms with E-state index in [9.17, 15) is 0 Å². The van der Waals surface area contributed by atoms with E-state index in [2.05, 4.69) is 19.2 Å². The molecule has 0 heterocycles. The molecule has 19 heavy (non-hydrogen) atoms. The first-order valence-electron chi connectivity index (χ1n) is 6.31. The summed E-state index contributed by atoms with van der Waals surface area (Å²) < 4.78 is 14.3. The molecule has 0 aliphatic carbocycles. The van der Waals surface area contributed by atoms with Crippen molar-refractivity contribution in [2.45, 2.75) is 31.9 Å². The van der Waals surface area contributed by atoms with Crippen molar-refractivity contribution >= 4 is 23.6 Å². The molecule has 0 saturated heterocycles. The van der Waals surface area contributed by atoms with Gasteiger partial charge in [0, 0.05) is 23.4 Å². The Morgan fingerprint density at radius 3 is 2.79 bits per heavy atom. The molecular weight excluding hydrogens is 282 g/mol. The van der Waals surface area contributed by atoms with Crippen molar-refractivity contribution in [3.63, 3.8) is 0 Å². The highest BCUT2D eigenvalue weighted by atomic mass is 35.5. The van der Waals surface area contributed by atoms with E-state index in [-0.39, 0.29) is 11.6 Å². The number of benzene rings is 1. The topological polar surface area (TPSA) is 41.5 Å². The summed E-state index contributed by atoms with van der Waals surface area (Å²) in [6.07, 6.45) is 0.837. The number of halogens is 1. The van der Waals surface area contributed by atoms with Gasteiger partial charge in [0.1, 0.15) is 0 Å². The standard InChI is InChI=1S/C14H22ClNO2S/c1-14(2,16-8-5-9-19-17)13(18-3)11-6-4-7-12(15)10-11/h4,6-7,10,13,16-17H,5,8-9H2,1-3H3. The smallest absolute Gasteiger partial charge is 0.0997 e. The summed E-state index contributed by atoms with van der Waals surface area (Å²) in [6.45, 7) is 5.04. The van der Waals surface area contributed by atoms with Gasteiger partial charge in [-0.2, -0.15) is 0 Å². The Labute approximate surface area is 124 Å². The zero-order valence-corrected chi connectivity index (χ0v) is 13.2. The second kappa shape index (κ2) is 8.12. The van der Waals surface area contributed by atoms with Gasteiger partial charge in [-0.3, -0.25) is 0 Å². The van der Waals surface area contributed by atoms with Gasteiger partial charge in [0.05, 0.1) is 6.10 Å². The summed E-state index contributed by atoms with van der Waals surface area (Å²) in [5, 5.41) is 4.19. The molecule has 1 atom stereocenters. The van der Waals surface area contributed by atoms with E-state index in [0.29, 0.717) is 5.02 Å². The van der Waals surface area contributed by atoms with Crippen LogP contribution in [0.25, 0.3) is 0 Å². The van der Waals surface area contributed by atoms with E-state index < -0.39 is 0 Å². The second-order valence-corrected chi connectivity index (χ2v) is 6.11. The molecule has 0 aliphatic heterocycles. The lowest BCUT2D eigenvalue weighted by molar-refractivity contribution is 0.0314. The minimum Gasteiger partial charge on any atom is -0.375 e. The van der Waals surface area contributed by atoms with Crippen LogP contribution in [-0.2, 0) is 4.74 Å². The third-order valence-corrected chi connectivity index (χ3v) is 3.74. The first-order valence-corrected chi connectivity index (χ1v) is 7.63. The van der Waals surface area contributed by atoms with Crippen molar-refractivity contribution in [1.82, 2.24) is 5.32 Å². The highest BCUT2D eigenvalue weighted by Crippen LogP contribution is 2.30. The molecular formula is C14H22ClNO2S. The van der Waals surface area contributed by atoms with Crippen LogP contribution < -0.4 is 5.32 Å². The Balaban J connectivity index is 2.71. The van der Waals surface area contributed by atoms with Crippen LogP contribution in [-0.4, -0.2) is 29.5 Å². The molecule has 0 bridgehead atoms. The van der Waals surface area contributed by atoms with Crippen molar-refractivity contribution < 1.29 is 9.29 Å². The molecule has 108 valence electrons. The molecule has 0 saturated carbocycles. The molecule has 0 radical (unpaired) electrons. The van der Waals surface area contributed by atoms with Crippen molar-refractivity contribution in [3.05, 3.63) is 34.9 Å². The summed E-state index contributed by atoms with van der Waals surface area (Å²) in [5.41, 5.74) is 0.851. The monoisotopic (exact) mass is 303 g/mol. The van der Waals surface area contributed by atoms with Crippen LogP contribution in [0, 0.1) is 0 Å². The molecule has 0 aromatic heterocycles. The fraction of sp³-hybridized carbons (Fsp3) is 0.571. The SMILES string of the molecule is COC(c1cccc(Cl)c1)C(C)(C)NCCCSO. The van der Waals surface area contributed by atoms with Crippen molar-refractivity contribution in [2.24, 2.45) is 0 Å². The third kappa shape index (κ3) is 5.32. The van der Waals surface area contributed by atoms with E-state index in [1.165, 1.54) is 0 Å². The Morgan fingerprint density at radius 1 is 1.47 bits per heavy atom. The van der Waals surface area contributed by atoms with Gasteiger partial charge in [0.2, 0.25) is 0 Å². The molecule has 2 N–H and O–H groups in total. The van der Waals surface area contributed by atoms with E-state index in [4.69, 9.17) is 20.9 Å². The molecule has 1 unspecified atom stereocenters. The first-order chi connectivity index (χ1) is 9.01. The molecule has 1 rings (SSSR count). The molecule has 1 aromatic carbocycles. The molecule has 0 amide bonds. The molecule has 5 heteroatoms. The Hall–Kier alpha value is -0.260. The predicted octanol–water partition coefficient (Wildman–Crippen LogP) is 3.99.